The zero-order chi connectivity index (χ0) is 17.5. The summed E-state index contributed by atoms with van der Waals surface area (Å²) in [6, 6.07) is 3.89. The number of likely N-dealkylation sites (N-methyl/N-ethyl adjacent to an activating group) is 1. The molecule has 0 aliphatic carbocycles. The number of ether oxygens (including phenoxy) is 1. The molecule has 0 radical (unpaired) electrons. The van der Waals surface area contributed by atoms with Crippen LogP contribution in [0.3, 0.4) is 0 Å². The van der Waals surface area contributed by atoms with E-state index in [0.29, 0.717) is 6.54 Å². The van der Waals surface area contributed by atoms with Gasteiger partial charge in [0.05, 0.1) is 0 Å². The largest absolute Gasteiger partial charge is 0.444 e. The van der Waals surface area contributed by atoms with Crippen molar-refractivity contribution >= 4 is 6.09 Å². The molecule has 0 saturated heterocycles. The molecule has 6 nitrogen and oxygen atoms in total. The van der Waals surface area contributed by atoms with Crippen LogP contribution in [0, 0.1) is 0 Å². The molecule has 0 bridgehead atoms. The van der Waals surface area contributed by atoms with E-state index in [4.69, 9.17) is 10.5 Å². The van der Waals surface area contributed by atoms with Crippen molar-refractivity contribution in [3.05, 3.63) is 30.1 Å². The predicted molar refractivity (Wildman–Crippen MR) is 92.0 cm³/mol. The SMILES string of the molecule is CCN(Cc1ccncc1)C(CN)C(C)NC(=O)OC(C)(C)C. The van der Waals surface area contributed by atoms with E-state index in [2.05, 4.69) is 22.1 Å². The summed E-state index contributed by atoms with van der Waals surface area (Å²) >= 11 is 0. The Bertz CT molecular complexity index is 473. The van der Waals surface area contributed by atoms with E-state index in [-0.39, 0.29) is 12.1 Å². The number of rotatable bonds is 7. The Morgan fingerprint density at radius 1 is 1.39 bits per heavy atom. The third-order valence-electron chi connectivity index (χ3n) is 3.57. The monoisotopic (exact) mass is 322 g/mol. The van der Waals surface area contributed by atoms with Crippen molar-refractivity contribution in [2.75, 3.05) is 13.1 Å². The first-order valence-corrected chi connectivity index (χ1v) is 8.09. The lowest BCUT2D eigenvalue weighted by molar-refractivity contribution is 0.0469. The molecule has 2 atom stereocenters. The lowest BCUT2D eigenvalue weighted by atomic mass is 10.1. The van der Waals surface area contributed by atoms with E-state index in [1.54, 1.807) is 12.4 Å². The molecule has 23 heavy (non-hydrogen) atoms. The number of aromatic nitrogens is 1. The van der Waals surface area contributed by atoms with Crippen molar-refractivity contribution in [2.45, 2.75) is 58.8 Å². The van der Waals surface area contributed by atoms with Gasteiger partial charge < -0.3 is 15.8 Å². The fraction of sp³-hybridized carbons (Fsp3) is 0.647. The van der Waals surface area contributed by atoms with Crippen molar-refractivity contribution in [3.8, 4) is 0 Å². The van der Waals surface area contributed by atoms with Gasteiger partial charge in [0, 0.05) is 37.6 Å². The highest BCUT2D eigenvalue weighted by atomic mass is 16.6. The molecule has 0 aliphatic heterocycles. The first-order valence-electron chi connectivity index (χ1n) is 8.09. The minimum absolute atomic E-state index is 0.0284. The number of carbonyl (C=O) groups is 1. The molecular formula is C17H30N4O2. The van der Waals surface area contributed by atoms with Gasteiger partial charge in [0.1, 0.15) is 5.60 Å². The van der Waals surface area contributed by atoms with Crippen LogP contribution in [0.5, 0.6) is 0 Å². The number of amides is 1. The first-order chi connectivity index (χ1) is 10.8. The standard InChI is InChI=1S/C17H30N4O2/c1-6-21(12-14-7-9-19-10-8-14)15(11-18)13(2)20-16(22)23-17(3,4)5/h7-10,13,15H,6,11-12,18H2,1-5H3,(H,20,22). The Kier molecular flexibility index (Phi) is 7.45. The van der Waals surface area contributed by atoms with E-state index < -0.39 is 11.7 Å². The maximum Gasteiger partial charge on any atom is 0.407 e. The summed E-state index contributed by atoms with van der Waals surface area (Å²) < 4.78 is 5.32. The second-order valence-electron chi connectivity index (χ2n) is 6.66. The van der Waals surface area contributed by atoms with E-state index in [9.17, 15) is 4.79 Å². The van der Waals surface area contributed by atoms with Crippen LogP contribution < -0.4 is 11.1 Å². The summed E-state index contributed by atoms with van der Waals surface area (Å²) in [6.07, 6.45) is 3.15. The van der Waals surface area contributed by atoms with Crippen molar-refractivity contribution < 1.29 is 9.53 Å². The quantitative estimate of drug-likeness (QED) is 0.804. The van der Waals surface area contributed by atoms with Crippen LogP contribution in [0.1, 0.15) is 40.2 Å². The number of pyridine rings is 1. The number of hydrogen-bond donors (Lipinski definition) is 2. The number of hydrogen-bond acceptors (Lipinski definition) is 5. The van der Waals surface area contributed by atoms with Crippen molar-refractivity contribution in [1.29, 1.82) is 0 Å². The van der Waals surface area contributed by atoms with Gasteiger partial charge in [-0.2, -0.15) is 0 Å². The van der Waals surface area contributed by atoms with Gasteiger partial charge >= 0.3 is 6.09 Å². The van der Waals surface area contributed by atoms with Crippen molar-refractivity contribution in [3.63, 3.8) is 0 Å². The number of nitrogens with zero attached hydrogens (tertiary/aromatic N) is 2. The van der Waals surface area contributed by atoms with Gasteiger partial charge in [-0.25, -0.2) is 4.79 Å². The highest BCUT2D eigenvalue weighted by Crippen LogP contribution is 2.11. The van der Waals surface area contributed by atoms with Crippen molar-refractivity contribution in [1.82, 2.24) is 15.2 Å². The Morgan fingerprint density at radius 2 is 2.00 bits per heavy atom. The van der Waals surface area contributed by atoms with Gasteiger partial charge in [0.2, 0.25) is 0 Å². The van der Waals surface area contributed by atoms with E-state index in [1.165, 1.54) is 5.56 Å². The molecule has 0 spiro atoms. The molecule has 1 heterocycles. The van der Waals surface area contributed by atoms with Gasteiger partial charge in [0.15, 0.2) is 0 Å². The maximum atomic E-state index is 12.0. The molecule has 1 amide bonds. The van der Waals surface area contributed by atoms with Crippen LogP contribution in [0.2, 0.25) is 0 Å². The first kappa shape index (κ1) is 19.4. The van der Waals surface area contributed by atoms with Gasteiger partial charge in [0.25, 0.3) is 0 Å². The van der Waals surface area contributed by atoms with Crippen LogP contribution in [-0.4, -0.2) is 46.8 Å². The normalized spacial score (nSPS) is 14.4. The maximum absolute atomic E-state index is 12.0. The molecule has 2 unspecified atom stereocenters. The molecule has 6 heteroatoms. The number of nitrogens with two attached hydrogens (primary N) is 1. The van der Waals surface area contributed by atoms with Crippen molar-refractivity contribution in [2.24, 2.45) is 5.73 Å². The third-order valence-corrected chi connectivity index (χ3v) is 3.57. The average Bonchev–Trinajstić information content (AvgIpc) is 2.45. The van der Waals surface area contributed by atoms with Crippen LogP contribution in [0.4, 0.5) is 4.79 Å². The van der Waals surface area contributed by atoms with Crippen LogP contribution in [-0.2, 0) is 11.3 Å². The number of alkyl carbamates (subject to hydrolysis) is 1. The average molecular weight is 322 g/mol. The van der Waals surface area contributed by atoms with Crippen LogP contribution >= 0.6 is 0 Å². The molecule has 1 aromatic heterocycles. The molecule has 0 saturated carbocycles. The lowest BCUT2D eigenvalue weighted by Crippen LogP contribution is -2.54. The second-order valence-corrected chi connectivity index (χ2v) is 6.66. The zero-order valence-electron chi connectivity index (χ0n) is 14.9. The van der Waals surface area contributed by atoms with Crippen LogP contribution in [0.25, 0.3) is 0 Å². The minimum Gasteiger partial charge on any atom is -0.444 e. The fourth-order valence-electron chi connectivity index (χ4n) is 2.45. The summed E-state index contributed by atoms with van der Waals surface area (Å²) in [7, 11) is 0. The minimum atomic E-state index is -0.510. The molecule has 0 aromatic carbocycles. The lowest BCUT2D eigenvalue weighted by Gasteiger charge is -2.35. The van der Waals surface area contributed by atoms with E-state index in [1.807, 2.05) is 39.8 Å². The molecule has 0 aliphatic rings. The molecule has 1 rings (SSSR count). The Hall–Kier alpha value is -1.66. The Labute approximate surface area is 139 Å². The molecular weight excluding hydrogens is 292 g/mol. The summed E-state index contributed by atoms with van der Waals surface area (Å²) in [4.78, 5) is 18.2. The smallest absolute Gasteiger partial charge is 0.407 e. The van der Waals surface area contributed by atoms with Gasteiger partial charge in [-0.05, 0) is 51.9 Å². The van der Waals surface area contributed by atoms with Gasteiger partial charge in [-0.15, -0.1) is 0 Å². The number of nitrogens with one attached hydrogen (secondary N) is 1. The third kappa shape index (κ3) is 6.97. The molecule has 1 aromatic rings. The summed E-state index contributed by atoms with van der Waals surface area (Å²) in [5.41, 5.74) is 6.62. The predicted octanol–water partition coefficient (Wildman–Crippen LogP) is 2.14. The summed E-state index contributed by atoms with van der Waals surface area (Å²) in [5, 5.41) is 2.89. The highest BCUT2D eigenvalue weighted by molar-refractivity contribution is 5.68. The highest BCUT2D eigenvalue weighted by Gasteiger charge is 2.25. The fourth-order valence-corrected chi connectivity index (χ4v) is 2.45. The van der Waals surface area contributed by atoms with E-state index in [0.717, 1.165) is 13.1 Å². The van der Waals surface area contributed by atoms with Gasteiger partial charge in [-0.1, -0.05) is 6.92 Å². The molecule has 0 fully saturated rings. The molecule has 3 N–H and O–H groups in total. The van der Waals surface area contributed by atoms with Gasteiger partial charge in [-0.3, -0.25) is 9.88 Å². The Balaban J connectivity index is 2.69. The van der Waals surface area contributed by atoms with Crippen LogP contribution in [0.15, 0.2) is 24.5 Å². The zero-order valence-corrected chi connectivity index (χ0v) is 14.9. The molecule has 130 valence electrons. The summed E-state index contributed by atoms with van der Waals surface area (Å²) in [6.45, 7) is 11.6. The second kappa shape index (κ2) is 8.84. The van der Waals surface area contributed by atoms with E-state index >= 15 is 0 Å². The number of carbonyl (C=O) groups excluding carboxylic acids is 1. The Morgan fingerprint density at radius 3 is 2.48 bits per heavy atom. The topological polar surface area (TPSA) is 80.5 Å². The summed E-state index contributed by atoms with van der Waals surface area (Å²) in [5.74, 6) is 0.